The Hall–Kier alpha value is -3.77. The third-order valence-corrected chi connectivity index (χ3v) is 7.24. The average Bonchev–Trinajstić information content (AvgIpc) is 3.39. The van der Waals surface area contributed by atoms with Gasteiger partial charge in [-0.2, -0.15) is 0 Å². The molecule has 1 N–H and O–H groups in total. The highest BCUT2D eigenvalue weighted by molar-refractivity contribution is 7.10. The number of anilines is 1. The van der Waals surface area contributed by atoms with Crippen LogP contribution in [-0.4, -0.2) is 23.5 Å². The fourth-order valence-corrected chi connectivity index (χ4v) is 5.44. The molecule has 182 valence electrons. The predicted octanol–water partition coefficient (Wildman–Crippen LogP) is 7.09. The van der Waals surface area contributed by atoms with Crippen LogP contribution in [0.5, 0.6) is 0 Å². The van der Waals surface area contributed by atoms with E-state index < -0.39 is 5.97 Å². The van der Waals surface area contributed by atoms with Gasteiger partial charge in [-0.3, -0.25) is 4.79 Å². The Kier molecular flexibility index (Phi) is 6.96. The van der Waals surface area contributed by atoms with Crippen LogP contribution in [0, 0.1) is 0 Å². The van der Waals surface area contributed by atoms with Crippen LogP contribution >= 0.6 is 11.3 Å². The molecule has 6 heteroatoms. The second-order valence-electron chi connectivity index (χ2n) is 9.24. The summed E-state index contributed by atoms with van der Waals surface area (Å²) in [7, 11) is 0. The third-order valence-electron chi connectivity index (χ3n) is 6.43. The van der Waals surface area contributed by atoms with Crippen molar-refractivity contribution in [2.75, 3.05) is 11.9 Å². The number of allylic oxidation sites excluding steroid dienone is 1. The molecule has 0 saturated carbocycles. The first-order valence-corrected chi connectivity index (χ1v) is 13.1. The molecule has 1 amide bonds. The summed E-state index contributed by atoms with van der Waals surface area (Å²) in [4.78, 5) is 32.2. The number of carbonyl (C=O) groups excluding carboxylic acids is 2. The second kappa shape index (κ2) is 10.5. The molecular weight excluding hydrogens is 468 g/mol. The number of amides is 1. The number of fused-ring (bicyclic) bond motifs is 2. The van der Waals surface area contributed by atoms with Crippen molar-refractivity contribution in [1.82, 2.24) is 4.98 Å². The van der Waals surface area contributed by atoms with Crippen LogP contribution in [0.3, 0.4) is 0 Å². The maximum atomic E-state index is 13.4. The Balaban J connectivity index is 1.43. The van der Waals surface area contributed by atoms with Crippen LogP contribution in [0.15, 0.2) is 66.0 Å². The molecule has 0 radical (unpaired) electrons. The molecule has 5 rings (SSSR count). The fraction of sp³-hybridized carbons (Fsp3) is 0.233. The average molecular weight is 497 g/mol. The minimum Gasteiger partial charge on any atom is -0.452 e. The van der Waals surface area contributed by atoms with E-state index in [4.69, 9.17) is 9.72 Å². The number of hydrogen-bond donors (Lipinski definition) is 1. The minimum atomic E-state index is -0.491. The molecule has 36 heavy (non-hydrogen) atoms. The molecule has 2 aromatic carbocycles. The molecule has 2 aromatic heterocycles. The standard InChI is InChI=1S/C30H28N2O3S/c1-19(2)22-11-3-5-14-25(22)31-27(33)18-35-30(34)28-23-12-4-6-15-26(23)32-29-20(9-7-13-24(28)29)17-21-10-8-16-36-21/h3-6,8,10-12,14-17,19H,7,9,13,18H2,1-2H3,(H,31,33). The number of ether oxygens (including phenoxy) is 1. The normalized spacial score (nSPS) is 14.1. The smallest absolute Gasteiger partial charge is 0.339 e. The van der Waals surface area contributed by atoms with Crippen LogP contribution in [0.1, 0.15) is 64.7 Å². The molecule has 0 aliphatic heterocycles. The Bertz CT molecular complexity index is 1450. The van der Waals surface area contributed by atoms with E-state index >= 15 is 0 Å². The number of para-hydroxylation sites is 2. The summed E-state index contributed by atoms with van der Waals surface area (Å²) in [5, 5.41) is 5.70. The van der Waals surface area contributed by atoms with Crippen LogP contribution < -0.4 is 5.32 Å². The van der Waals surface area contributed by atoms with Crippen LogP contribution in [0.4, 0.5) is 5.69 Å². The van der Waals surface area contributed by atoms with Gasteiger partial charge in [0, 0.05) is 16.0 Å². The second-order valence-corrected chi connectivity index (χ2v) is 10.2. The molecule has 5 nitrogen and oxygen atoms in total. The zero-order valence-electron chi connectivity index (χ0n) is 20.4. The van der Waals surface area contributed by atoms with Gasteiger partial charge in [-0.1, -0.05) is 56.3 Å². The van der Waals surface area contributed by atoms with Gasteiger partial charge in [0.2, 0.25) is 0 Å². The van der Waals surface area contributed by atoms with Gasteiger partial charge in [0.15, 0.2) is 6.61 Å². The summed E-state index contributed by atoms with van der Waals surface area (Å²) in [6.45, 7) is 3.79. The van der Waals surface area contributed by atoms with E-state index in [1.54, 1.807) is 11.3 Å². The van der Waals surface area contributed by atoms with Crippen molar-refractivity contribution in [2.45, 2.75) is 39.0 Å². The van der Waals surface area contributed by atoms with E-state index in [1.165, 1.54) is 0 Å². The third kappa shape index (κ3) is 4.95. The van der Waals surface area contributed by atoms with Gasteiger partial charge in [0.05, 0.1) is 16.8 Å². The monoisotopic (exact) mass is 496 g/mol. The number of esters is 1. The summed E-state index contributed by atoms with van der Waals surface area (Å²) in [5.41, 5.74) is 5.93. The quantitative estimate of drug-likeness (QED) is 0.289. The van der Waals surface area contributed by atoms with Gasteiger partial charge in [-0.15, -0.1) is 11.3 Å². The largest absolute Gasteiger partial charge is 0.452 e. The molecular formula is C30H28N2O3S. The van der Waals surface area contributed by atoms with Gasteiger partial charge in [0.25, 0.3) is 5.91 Å². The molecule has 1 aliphatic rings. The van der Waals surface area contributed by atoms with E-state index in [9.17, 15) is 9.59 Å². The lowest BCUT2D eigenvalue weighted by molar-refractivity contribution is -0.119. The molecule has 0 fully saturated rings. The number of nitrogens with zero attached hydrogens (tertiary/aromatic N) is 1. The number of aromatic nitrogens is 1. The lowest BCUT2D eigenvalue weighted by Crippen LogP contribution is -2.23. The molecule has 4 aromatic rings. The highest BCUT2D eigenvalue weighted by Crippen LogP contribution is 2.37. The first kappa shape index (κ1) is 23.9. The van der Waals surface area contributed by atoms with E-state index in [2.05, 4.69) is 36.7 Å². The Labute approximate surface area is 214 Å². The van der Waals surface area contributed by atoms with Gasteiger partial charge < -0.3 is 10.1 Å². The molecule has 0 spiro atoms. The summed E-state index contributed by atoms with van der Waals surface area (Å²) in [6, 6.07) is 19.4. The molecule has 2 heterocycles. The Morgan fingerprint density at radius 2 is 1.86 bits per heavy atom. The molecule has 0 saturated heterocycles. The zero-order valence-corrected chi connectivity index (χ0v) is 21.2. The van der Waals surface area contributed by atoms with Crippen molar-refractivity contribution in [3.63, 3.8) is 0 Å². The lowest BCUT2D eigenvalue weighted by Gasteiger charge is -2.22. The van der Waals surface area contributed by atoms with E-state index in [0.29, 0.717) is 5.56 Å². The SMILES string of the molecule is CC(C)c1ccccc1NC(=O)COC(=O)c1c2c(nc3ccccc13)C(=Cc1cccs1)CCC2. The van der Waals surface area contributed by atoms with Crippen LogP contribution in [0.2, 0.25) is 0 Å². The maximum absolute atomic E-state index is 13.4. The number of hydrogen-bond acceptors (Lipinski definition) is 5. The maximum Gasteiger partial charge on any atom is 0.339 e. The van der Waals surface area contributed by atoms with Gasteiger partial charge in [0.1, 0.15) is 0 Å². The minimum absolute atomic E-state index is 0.259. The number of rotatable bonds is 6. The highest BCUT2D eigenvalue weighted by atomic mass is 32.1. The Morgan fingerprint density at radius 1 is 1.06 bits per heavy atom. The molecule has 0 unspecified atom stereocenters. The van der Waals surface area contributed by atoms with Gasteiger partial charge in [-0.25, -0.2) is 9.78 Å². The number of benzene rings is 2. The summed E-state index contributed by atoms with van der Waals surface area (Å²) in [6.07, 6.45) is 4.74. The van der Waals surface area contributed by atoms with E-state index in [1.807, 2.05) is 54.6 Å². The zero-order chi connectivity index (χ0) is 25.1. The first-order chi connectivity index (χ1) is 17.5. The van der Waals surface area contributed by atoms with Crippen molar-refractivity contribution < 1.29 is 14.3 Å². The Morgan fingerprint density at radius 3 is 2.67 bits per heavy atom. The highest BCUT2D eigenvalue weighted by Gasteiger charge is 2.26. The first-order valence-electron chi connectivity index (χ1n) is 12.2. The number of pyridine rings is 1. The number of carbonyl (C=O) groups is 2. The van der Waals surface area contributed by atoms with E-state index in [-0.39, 0.29) is 18.4 Å². The molecule has 1 aliphatic carbocycles. The molecule has 0 atom stereocenters. The summed E-state index contributed by atoms with van der Waals surface area (Å²) in [5.74, 6) is -0.591. The van der Waals surface area contributed by atoms with Gasteiger partial charge in [-0.05, 0) is 71.5 Å². The van der Waals surface area contributed by atoms with E-state index in [0.717, 1.165) is 63.1 Å². The fourth-order valence-electron chi connectivity index (χ4n) is 4.76. The summed E-state index contributed by atoms with van der Waals surface area (Å²) < 4.78 is 5.58. The topological polar surface area (TPSA) is 68.3 Å². The number of thiophene rings is 1. The van der Waals surface area contributed by atoms with Crippen molar-refractivity contribution in [3.8, 4) is 0 Å². The predicted molar refractivity (Wildman–Crippen MR) is 146 cm³/mol. The van der Waals surface area contributed by atoms with Crippen molar-refractivity contribution in [1.29, 1.82) is 0 Å². The van der Waals surface area contributed by atoms with Crippen LogP contribution in [-0.2, 0) is 16.0 Å². The lowest BCUT2D eigenvalue weighted by atomic mass is 9.86. The van der Waals surface area contributed by atoms with Gasteiger partial charge >= 0.3 is 5.97 Å². The molecule has 0 bridgehead atoms. The van der Waals surface area contributed by atoms with Crippen LogP contribution in [0.25, 0.3) is 22.6 Å². The van der Waals surface area contributed by atoms with Crippen molar-refractivity contribution >= 4 is 51.5 Å². The number of nitrogens with one attached hydrogen (secondary N) is 1. The van der Waals surface area contributed by atoms with Crippen molar-refractivity contribution in [2.24, 2.45) is 0 Å². The summed E-state index contributed by atoms with van der Waals surface area (Å²) >= 11 is 1.68. The van der Waals surface area contributed by atoms with Crippen molar-refractivity contribution in [3.05, 3.63) is 93.3 Å².